The minimum atomic E-state index is 0.408. The van der Waals surface area contributed by atoms with Gasteiger partial charge < -0.3 is 19.2 Å². The number of hydrogen-bond acceptors (Lipinski definition) is 7. The van der Waals surface area contributed by atoms with Gasteiger partial charge in [-0.1, -0.05) is 6.07 Å². The first-order chi connectivity index (χ1) is 12.7. The van der Waals surface area contributed by atoms with Crippen LogP contribution in [0.1, 0.15) is 5.56 Å². The molecular formula is C19H14N4O3. The zero-order chi connectivity index (χ0) is 18.1. The molecule has 1 N–H and O–H groups in total. The zero-order valence-corrected chi connectivity index (χ0v) is 14.1. The van der Waals surface area contributed by atoms with Gasteiger partial charge in [0.05, 0.1) is 36.7 Å². The molecule has 0 spiro atoms. The predicted molar refractivity (Wildman–Crippen MR) is 96.9 cm³/mol. The van der Waals surface area contributed by atoms with Crippen molar-refractivity contribution in [2.45, 2.75) is 0 Å². The molecule has 2 aromatic carbocycles. The van der Waals surface area contributed by atoms with E-state index >= 15 is 0 Å². The third-order valence-electron chi connectivity index (χ3n) is 4.11. The number of rotatable bonds is 4. The molecule has 0 aliphatic carbocycles. The Morgan fingerprint density at radius 2 is 1.92 bits per heavy atom. The highest BCUT2D eigenvalue weighted by molar-refractivity contribution is 6.00. The fourth-order valence-electron chi connectivity index (χ4n) is 2.86. The van der Waals surface area contributed by atoms with Gasteiger partial charge in [0.2, 0.25) is 0 Å². The van der Waals surface area contributed by atoms with Crippen molar-refractivity contribution in [3.05, 3.63) is 48.5 Å². The monoisotopic (exact) mass is 346 g/mol. The van der Waals surface area contributed by atoms with Gasteiger partial charge in [0, 0.05) is 17.6 Å². The van der Waals surface area contributed by atoms with Crippen LogP contribution in [-0.2, 0) is 0 Å². The van der Waals surface area contributed by atoms with E-state index in [2.05, 4.69) is 21.4 Å². The molecule has 0 aliphatic heterocycles. The maximum atomic E-state index is 9.54. The van der Waals surface area contributed by atoms with E-state index in [1.165, 1.54) is 12.6 Å². The third kappa shape index (κ3) is 2.45. The SMILES string of the molecule is COc1cc2ncc(C#N)c(Nc3cccc4ocnc34)c2cc1OC. The number of aromatic nitrogens is 2. The van der Waals surface area contributed by atoms with Gasteiger partial charge in [-0.2, -0.15) is 5.26 Å². The van der Waals surface area contributed by atoms with Crippen LogP contribution in [0.25, 0.3) is 22.0 Å². The number of para-hydroxylation sites is 1. The minimum Gasteiger partial charge on any atom is -0.493 e. The third-order valence-corrected chi connectivity index (χ3v) is 4.11. The molecule has 0 saturated carbocycles. The van der Waals surface area contributed by atoms with E-state index in [9.17, 15) is 5.26 Å². The fourth-order valence-corrected chi connectivity index (χ4v) is 2.86. The standard InChI is InChI=1S/C19H14N4O3/c1-24-16-6-12-14(7-17(16)25-2)21-9-11(8-20)18(12)23-13-4-3-5-15-19(13)22-10-26-15/h3-7,9-10H,1-2H3,(H,21,23). The number of benzene rings is 2. The first-order valence-electron chi connectivity index (χ1n) is 7.79. The van der Waals surface area contributed by atoms with Gasteiger partial charge in [-0.15, -0.1) is 0 Å². The molecule has 2 heterocycles. The molecule has 0 fully saturated rings. The molecule has 2 aromatic heterocycles. The van der Waals surface area contributed by atoms with Crippen LogP contribution in [0, 0.1) is 11.3 Å². The molecule has 0 atom stereocenters. The largest absolute Gasteiger partial charge is 0.493 e. The van der Waals surface area contributed by atoms with Gasteiger partial charge >= 0.3 is 0 Å². The highest BCUT2D eigenvalue weighted by atomic mass is 16.5. The molecule has 7 nitrogen and oxygen atoms in total. The van der Waals surface area contributed by atoms with Crippen LogP contribution in [0.15, 0.2) is 47.3 Å². The fraction of sp³-hybridized carbons (Fsp3) is 0.105. The van der Waals surface area contributed by atoms with E-state index in [-0.39, 0.29) is 0 Å². The average molecular weight is 346 g/mol. The number of fused-ring (bicyclic) bond motifs is 2. The first kappa shape index (κ1) is 15.7. The quantitative estimate of drug-likeness (QED) is 0.596. The lowest BCUT2D eigenvalue weighted by Gasteiger charge is -2.14. The number of ether oxygens (including phenoxy) is 2. The predicted octanol–water partition coefficient (Wildman–Crippen LogP) is 4.01. The summed E-state index contributed by atoms with van der Waals surface area (Å²) < 4.78 is 16.1. The molecule has 7 heteroatoms. The summed E-state index contributed by atoms with van der Waals surface area (Å²) in [5, 5.41) is 13.6. The Bertz CT molecular complexity index is 1160. The number of hydrogen-bond donors (Lipinski definition) is 1. The highest BCUT2D eigenvalue weighted by Crippen LogP contribution is 2.37. The average Bonchev–Trinajstić information content (AvgIpc) is 3.17. The second-order valence-corrected chi connectivity index (χ2v) is 5.51. The molecule has 0 amide bonds. The minimum absolute atomic E-state index is 0.408. The van der Waals surface area contributed by atoms with Crippen LogP contribution in [0.3, 0.4) is 0 Å². The van der Waals surface area contributed by atoms with Crippen molar-refractivity contribution in [1.82, 2.24) is 9.97 Å². The summed E-state index contributed by atoms with van der Waals surface area (Å²) in [7, 11) is 3.13. The molecule has 0 aliphatic rings. The number of oxazole rings is 1. The Hall–Kier alpha value is -3.79. The maximum Gasteiger partial charge on any atom is 0.182 e. The first-order valence-corrected chi connectivity index (χ1v) is 7.79. The van der Waals surface area contributed by atoms with Gasteiger partial charge in [-0.25, -0.2) is 4.98 Å². The van der Waals surface area contributed by atoms with Gasteiger partial charge in [0.15, 0.2) is 23.5 Å². The molecule has 0 radical (unpaired) electrons. The van der Waals surface area contributed by atoms with E-state index in [1.807, 2.05) is 18.2 Å². The van der Waals surface area contributed by atoms with Crippen molar-refractivity contribution in [2.75, 3.05) is 19.5 Å². The van der Waals surface area contributed by atoms with Crippen LogP contribution < -0.4 is 14.8 Å². The molecule has 0 bridgehead atoms. The van der Waals surface area contributed by atoms with E-state index < -0.39 is 0 Å². The summed E-state index contributed by atoms with van der Waals surface area (Å²) in [5.74, 6) is 1.13. The van der Waals surface area contributed by atoms with Crippen molar-refractivity contribution in [3.63, 3.8) is 0 Å². The molecule has 0 saturated heterocycles. The van der Waals surface area contributed by atoms with Crippen molar-refractivity contribution in [3.8, 4) is 17.6 Å². The normalized spacial score (nSPS) is 10.7. The van der Waals surface area contributed by atoms with Crippen molar-refractivity contribution >= 4 is 33.4 Å². The topological polar surface area (TPSA) is 93.2 Å². The number of pyridine rings is 1. The summed E-state index contributed by atoms with van der Waals surface area (Å²) in [4.78, 5) is 8.60. The number of anilines is 2. The van der Waals surface area contributed by atoms with Crippen LogP contribution in [0.5, 0.6) is 11.5 Å². The van der Waals surface area contributed by atoms with Gasteiger partial charge in [0.25, 0.3) is 0 Å². The number of methoxy groups -OCH3 is 2. The van der Waals surface area contributed by atoms with Gasteiger partial charge in [-0.05, 0) is 18.2 Å². The smallest absolute Gasteiger partial charge is 0.182 e. The summed E-state index contributed by atoms with van der Waals surface area (Å²) >= 11 is 0. The van der Waals surface area contributed by atoms with Gasteiger partial charge in [-0.3, -0.25) is 4.98 Å². The Labute approximate surface area is 148 Å². The lowest BCUT2D eigenvalue weighted by molar-refractivity contribution is 0.356. The van der Waals surface area contributed by atoms with E-state index in [1.54, 1.807) is 26.4 Å². The Morgan fingerprint density at radius 1 is 1.12 bits per heavy atom. The van der Waals surface area contributed by atoms with Gasteiger partial charge in [0.1, 0.15) is 11.6 Å². The Kier molecular flexibility index (Phi) is 3.78. The summed E-state index contributed by atoms with van der Waals surface area (Å²) in [6.07, 6.45) is 2.92. The van der Waals surface area contributed by atoms with E-state index in [0.717, 1.165) is 11.1 Å². The number of nitrogens with zero attached hydrogens (tertiary/aromatic N) is 3. The molecule has 0 unspecified atom stereocenters. The molecule has 128 valence electrons. The lowest BCUT2D eigenvalue weighted by Crippen LogP contribution is -1.99. The van der Waals surface area contributed by atoms with Crippen LogP contribution >= 0.6 is 0 Å². The van der Waals surface area contributed by atoms with Crippen molar-refractivity contribution in [2.24, 2.45) is 0 Å². The Morgan fingerprint density at radius 3 is 2.69 bits per heavy atom. The molecule has 4 rings (SSSR count). The van der Waals surface area contributed by atoms with Crippen LogP contribution in [0.2, 0.25) is 0 Å². The maximum absolute atomic E-state index is 9.54. The number of nitrogens with one attached hydrogen (secondary N) is 1. The van der Waals surface area contributed by atoms with E-state index in [0.29, 0.717) is 39.4 Å². The molecular weight excluding hydrogens is 332 g/mol. The zero-order valence-electron chi connectivity index (χ0n) is 14.1. The van der Waals surface area contributed by atoms with Crippen LogP contribution in [0.4, 0.5) is 11.4 Å². The van der Waals surface area contributed by atoms with Crippen LogP contribution in [-0.4, -0.2) is 24.2 Å². The Balaban J connectivity index is 1.95. The summed E-state index contributed by atoms with van der Waals surface area (Å²) in [6.45, 7) is 0. The second kappa shape index (κ2) is 6.26. The van der Waals surface area contributed by atoms with E-state index in [4.69, 9.17) is 13.9 Å². The highest BCUT2D eigenvalue weighted by Gasteiger charge is 2.15. The van der Waals surface area contributed by atoms with Crippen molar-refractivity contribution in [1.29, 1.82) is 5.26 Å². The molecule has 4 aromatic rings. The summed E-state index contributed by atoms with van der Waals surface area (Å²) in [6, 6.07) is 11.3. The number of nitriles is 1. The lowest BCUT2D eigenvalue weighted by atomic mass is 10.1. The molecule has 26 heavy (non-hydrogen) atoms. The van der Waals surface area contributed by atoms with Crippen molar-refractivity contribution < 1.29 is 13.9 Å². The summed E-state index contributed by atoms with van der Waals surface area (Å²) in [5.41, 5.74) is 3.78. The second-order valence-electron chi connectivity index (χ2n) is 5.51.